The Kier molecular flexibility index (Phi) is 7.75. The number of aromatic nitrogens is 6. The average Bonchev–Trinajstić information content (AvgIpc) is 3.12. The van der Waals surface area contributed by atoms with Crippen molar-refractivity contribution in [2.75, 3.05) is 0 Å². The molecule has 0 aliphatic rings. The van der Waals surface area contributed by atoms with Gasteiger partial charge in [0.1, 0.15) is 22.7 Å². The second kappa shape index (κ2) is 10.6. The number of nitrogens with zero attached hydrogens (tertiary/aromatic N) is 6. The van der Waals surface area contributed by atoms with E-state index in [2.05, 4.69) is 41.2 Å². The maximum absolute atomic E-state index is 14.1. The first-order chi connectivity index (χ1) is 18.1. The van der Waals surface area contributed by atoms with Crippen molar-refractivity contribution in [2.45, 2.75) is 65.3 Å². The molecule has 0 aliphatic carbocycles. The Balaban J connectivity index is 1.79. The summed E-state index contributed by atoms with van der Waals surface area (Å²) in [5.74, 6) is -0.468. The number of aryl methyl sites for hydroxylation is 1. The first kappa shape index (κ1) is 28.5. The lowest BCUT2D eigenvalue weighted by atomic mass is 10.1. The van der Waals surface area contributed by atoms with Gasteiger partial charge in [0.15, 0.2) is 11.8 Å². The van der Waals surface area contributed by atoms with Crippen molar-refractivity contribution in [3.63, 3.8) is 0 Å². The summed E-state index contributed by atoms with van der Waals surface area (Å²) < 4.78 is 60.8. The van der Waals surface area contributed by atoms with Crippen LogP contribution in [0.2, 0.25) is 0 Å². The van der Waals surface area contributed by atoms with Gasteiger partial charge in [0, 0.05) is 13.2 Å². The summed E-state index contributed by atoms with van der Waals surface area (Å²) in [6, 6.07) is 5.28. The minimum absolute atomic E-state index is 0.0403. The highest BCUT2D eigenvalue weighted by Gasteiger charge is 2.29. The van der Waals surface area contributed by atoms with E-state index >= 15 is 0 Å². The molecule has 0 radical (unpaired) electrons. The van der Waals surface area contributed by atoms with E-state index in [1.54, 1.807) is 13.1 Å². The third-order valence-electron chi connectivity index (χ3n) is 5.10. The van der Waals surface area contributed by atoms with Crippen molar-refractivity contribution >= 4 is 27.0 Å². The third-order valence-corrected chi connectivity index (χ3v) is 5.71. The highest BCUT2D eigenvalue weighted by atomic mass is 79.9. The minimum atomic E-state index is -2.93. The van der Waals surface area contributed by atoms with Crippen LogP contribution in [0.15, 0.2) is 34.9 Å². The van der Waals surface area contributed by atoms with Gasteiger partial charge in [-0.1, -0.05) is 6.07 Å². The lowest BCUT2D eigenvalue weighted by molar-refractivity contribution is 0.00839. The molecule has 9 nitrogen and oxygen atoms in total. The molecule has 3 heterocycles. The predicted octanol–water partition coefficient (Wildman–Crippen LogP) is 6.46. The molecule has 0 spiro atoms. The second-order valence-electron chi connectivity index (χ2n) is 10.7. The van der Waals surface area contributed by atoms with Gasteiger partial charge in [0.25, 0.3) is 6.43 Å². The molecule has 0 bridgehead atoms. The number of fused-ring (bicyclic) bond motifs is 1. The molecule has 0 aliphatic heterocycles. The lowest BCUT2D eigenvalue weighted by Crippen LogP contribution is -2.26. The fourth-order valence-electron chi connectivity index (χ4n) is 3.53. The highest BCUT2D eigenvalue weighted by Crippen LogP contribution is 2.36. The number of ether oxygens (including phenoxy) is 3. The van der Waals surface area contributed by atoms with E-state index < -0.39 is 29.5 Å². The fourth-order valence-corrected chi connectivity index (χ4v) is 3.93. The first-order valence-electron chi connectivity index (χ1n) is 12.0. The molecular formula is C26H28BrF3N6O3. The minimum Gasteiger partial charge on any atom is -0.471 e. The van der Waals surface area contributed by atoms with Crippen LogP contribution in [0.3, 0.4) is 0 Å². The number of hydrogen-bond acceptors (Lipinski definition) is 8. The molecule has 1 aromatic carbocycles. The number of halogens is 4. The van der Waals surface area contributed by atoms with Crippen molar-refractivity contribution in [2.24, 2.45) is 7.05 Å². The molecule has 39 heavy (non-hydrogen) atoms. The Morgan fingerprint density at radius 1 is 0.949 bits per heavy atom. The molecule has 3 aromatic heterocycles. The monoisotopic (exact) mass is 608 g/mol. The summed E-state index contributed by atoms with van der Waals surface area (Å²) in [5, 5.41) is 13.1. The van der Waals surface area contributed by atoms with Gasteiger partial charge in [-0.05, 0) is 81.2 Å². The summed E-state index contributed by atoms with van der Waals surface area (Å²) in [4.78, 5) is 8.74. The summed E-state index contributed by atoms with van der Waals surface area (Å²) in [5.41, 5.74) is -0.0705. The molecule has 0 saturated heterocycles. The molecule has 13 heteroatoms. The lowest BCUT2D eigenvalue weighted by Gasteiger charge is -2.24. The molecule has 208 valence electrons. The molecule has 0 fully saturated rings. The van der Waals surface area contributed by atoms with Crippen molar-refractivity contribution in [1.29, 1.82) is 0 Å². The Morgan fingerprint density at radius 2 is 1.64 bits per heavy atom. The van der Waals surface area contributed by atoms with Crippen LogP contribution in [-0.2, 0) is 7.05 Å². The summed E-state index contributed by atoms with van der Waals surface area (Å²) >= 11 is 3.03. The van der Waals surface area contributed by atoms with Gasteiger partial charge in [-0.25, -0.2) is 22.8 Å². The first-order valence-corrected chi connectivity index (χ1v) is 12.8. The van der Waals surface area contributed by atoms with Gasteiger partial charge < -0.3 is 14.2 Å². The van der Waals surface area contributed by atoms with Gasteiger partial charge >= 0.3 is 6.01 Å². The Bertz CT molecular complexity index is 1500. The molecule has 0 saturated carbocycles. The standard InChI is InChI=1S/C26H28BrF3N6O3/c1-25(2,3)38-22-15(12-31-24(32-22)39-26(4,5)6)18-11-14-21(34-33-18)36(7)35-23(14)37-19(20(29)30)13-8-9-17(28)16(27)10-13/h8-12,19-20H,1-7H3/t19-/m1/s1. The second-order valence-corrected chi connectivity index (χ2v) is 11.6. The molecule has 0 amide bonds. The van der Waals surface area contributed by atoms with Crippen LogP contribution in [0.25, 0.3) is 22.3 Å². The van der Waals surface area contributed by atoms with Crippen LogP contribution >= 0.6 is 15.9 Å². The van der Waals surface area contributed by atoms with E-state index in [0.717, 1.165) is 6.07 Å². The van der Waals surface area contributed by atoms with E-state index in [4.69, 9.17) is 14.2 Å². The van der Waals surface area contributed by atoms with E-state index in [1.807, 2.05) is 41.5 Å². The van der Waals surface area contributed by atoms with Gasteiger partial charge in [0.2, 0.25) is 11.8 Å². The normalized spacial score (nSPS) is 13.1. The van der Waals surface area contributed by atoms with Crippen LogP contribution in [-0.4, -0.2) is 47.6 Å². The Morgan fingerprint density at radius 3 is 2.26 bits per heavy atom. The van der Waals surface area contributed by atoms with Gasteiger partial charge in [0.05, 0.1) is 15.4 Å². The highest BCUT2D eigenvalue weighted by molar-refractivity contribution is 9.10. The van der Waals surface area contributed by atoms with Crippen LogP contribution in [0.4, 0.5) is 13.2 Å². The zero-order valence-corrected chi connectivity index (χ0v) is 24.0. The summed E-state index contributed by atoms with van der Waals surface area (Å²) in [6.07, 6.45) is -3.14. The number of rotatable bonds is 7. The predicted molar refractivity (Wildman–Crippen MR) is 142 cm³/mol. The fraction of sp³-hybridized carbons (Fsp3) is 0.423. The summed E-state index contributed by atoms with van der Waals surface area (Å²) in [7, 11) is 1.59. The average molecular weight is 609 g/mol. The van der Waals surface area contributed by atoms with Gasteiger partial charge in [-0.3, -0.25) is 0 Å². The molecule has 4 rings (SSSR count). The molecule has 0 N–H and O–H groups in total. The maximum Gasteiger partial charge on any atom is 0.320 e. The van der Waals surface area contributed by atoms with E-state index in [1.165, 1.54) is 23.0 Å². The van der Waals surface area contributed by atoms with Crippen molar-refractivity contribution in [1.82, 2.24) is 29.9 Å². The van der Waals surface area contributed by atoms with Gasteiger partial charge in [-0.15, -0.1) is 15.3 Å². The van der Waals surface area contributed by atoms with E-state index in [0.29, 0.717) is 22.3 Å². The quantitative estimate of drug-likeness (QED) is 0.236. The molecule has 1 atom stereocenters. The third kappa shape index (κ3) is 6.75. The van der Waals surface area contributed by atoms with Crippen LogP contribution in [0, 0.1) is 5.82 Å². The van der Waals surface area contributed by atoms with E-state index in [-0.39, 0.29) is 27.8 Å². The topological polar surface area (TPSA) is 97.1 Å². The van der Waals surface area contributed by atoms with Crippen LogP contribution in [0.1, 0.15) is 53.2 Å². The molecular weight excluding hydrogens is 581 g/mol. The number of benzene rings is 1. The zero-order chi connectivity index (χ0) is 28.7. The number of hydrogen-bond donors (Lipinski definition) is 0. The summed E-state index contributed by atoms with van der Waals surface area (Å²) in [6.45, 7) is 11.2. The van der Waals surface area contributed by atoms with Crippen molar-refractivity contribution in [3.8, 4) is 29.0 Å². The largest absolute Gasteiger partial charge is 0.471 e. The maximum atomic E-state index is 14.1. The van der Waals surface area contributed by atoms with Crippen molar-refractivity contribution < 1.29 is 27.4 Å². The SMILES string of the molecule is Cn1nc(O[C@H](c2ccc(F)c(Br)c2)C(F)F)c2cc(-c3cnc(OC(C)(C)C)nc3OC(C)(C)C)nnc21. The zero-order valence-electron chi connectivity index (χ0n) is 22.5. The molecule has 4 aromatic rings. The molecule has 0 unspecified atom stereocenters. The van der Waals surface area contributed by atoms with Crippen LogP contribution in [0.5, 0.6) is 17.8 Å². The van der Waals surface area contributed by atoms with E-state index in [9.17, 15) is 13.2 Å². The van der Waals surface area contributed by atoms with Gasteiger partial charge in [-0.2, -0.15) is 4.98 Å². The number of alkyl halides is 2. The smallest absolute Gasteiger partial charge is 0.320 e. The van der Waals surface area contributed by atoms with Crippen LogP contribution < -0.4 is 14.2 Å². The van der Waals surface area contributed by atoms with Crippen molar-refractivity contribution in [3.05, 3.63) is 46.3 Å². The Labute approximate surface area is 231 Å². The Hall–Kier alpha value is -3.48.